The molecule has 1 saturated heterocycles. The minimum absolute atomic E-state index is 0.0727. The fraction of sp³-hybridized carbons (Fsp3) is 0.350. The summed E-state index contributed by atoms with van der Waals surface area (Å²) in [6.07, 6.45) is 1.72. The van der Waals surface area contributed by atoms with Crippen molar-refractivity contribution in [2.45, 2.75) is 37.3 Å². The number of aryl methyl sites for hydroxylation is 1. The van der Waals surface area contributed by atoms with Gasteiger partial charge >= 0.3 is 0 Å². The molecule has 1 amide bonds. The van der Waals surface area contributed by atoms with Gasteiger partial charge in [0, 0.05) is 25.3 Å². The monoisotopic (exact) mass is 388 g/mol. The van der Waals surface area contributed by atoms with Gasteiger partial charge in [-0.05, 0) is 43.5 Å². The van der Waals surface area contributed by atoms with Crippen LogP contribution in [0.3, 0.4) is 0 Å². The fourth-order valence-electron chi connectivity index (χ4n) is 2.89. The average molecular weight is 388 g/mol. The molecule has 7 heteroatoms. The standard InChI is InChI=1S/C20H24N2O4S/c1-15-7-9-16(10-8-15)13-21-20(23)17-4-2-6-19(12-17)27(24,25)22-14-18-5-3-11-26-18/h2,4,6-10,12,18,22H,3,5,11,13-14H2,1H3,(H,21,23). The van der Waals surface area contributed by atoms with E-state index in [1.165, 1.54) is 12.1 Å². The van der Waals surface area contributed by atoms with Crippen LogP contribution in [-0.2, 0) is 21.3 Å². The molecule has 2 aromatic rings. The summed E-state index contributed by atoms with van der Waals surface area (Å²) in [6.45, 7) is 3.30. The first-order chi connectivity index (χ1) is 12.9. The second-order valence-corrected chi connectivity index (χ2v) is 8.45. The number of nitrogens with one attached hydrogen (secondary N) is 2. The smallest absolute Gasteiger partial charge is 0.251 e. The van der Waals surface area contributed by atoms with Gasteiger partial charge in [0.1, 0.15) is 0 Å². The molecule has 3 rings (SSSR count). The Hall–Kier alpha value is -2.22. The zero-order valence-electron chi connectivity index (χ0n) is 15.3. The Labute approximate surface area is 160 Å². The Balaban J connectivity index is 1.62. The third kappa shape index (κ3) is 5.38. The van der Waals surface area contributed by atoms with Crippen molar-refractivity contribution in [3.05, 3.63) is 65.2 Å². The minimum atomic E-state index is -3.69. The van der Waals surface area contributed by atoms with Gasteiger partial charge in [0.2, 0.25) is 10.0 Å². The Bertz CT molecular complexity index is 888. The zero-order valence-corrected chi connectivity index (χ0v) is 16.1. The zero-order chi connectivity index (χ0) is 19.3. The van der Waals surface area contributed by atoms with Crippen molar-refractivity contribution >= 4 is 15.9 Å². The van der Waals surface area contributed by atoms with Gasteiger partial charge in [-0.3, -0.25) is 4.79 Å². The molecule has 0 aliphatic carbocycles. The summed E-state index contributed by atoms with van der Waals surface area (Å²) in [5, 5.41) is 2.82. The van der Waals surface area contributed by atoms with E-state index in [1.54, 1.807) is 12.1 Å². The van der Waals surface area contributed by atoms with Crippen LogP contribution in [-0.4, -0.2) is 33.6 Å². The van der Waals surface area contributed by atoms with E-state index >= 15 is 0 Å². The van der Waals surface area contributed by atoms with Crippen molar-refractivity contribution in [1.82, 2.24) is 10.0 Å². The van der Waals surface area contributed by atoms with Crippen LogP contribution in [0.15, 0.2) is 53.4 Å². The Morgan fingerprint density at radius 2 is 1.96 bits per heavy atom. The number of sulfonamides is 1. The highest BCUT2D eigenvalue weighted by molar-refractivity contribution is 7.89. The topological polar surface area (TPSA) is 84.5 Å². The van der Waals surface area contributed by atoms with Gasteiger partial charge < -0.3 is 10.1 Å². The number of benzene rings is 2. The lowest BCUT2D eigenvalue weighted by atomic mass is 10.1. The number of amides is 1. The van der Waals surface area contributed by atoms with Gasteiger partial charge in [0.05, 0.1) is 11.0 Å². The number of hydrogen-bond donors (Lipinski definition) is 2. The van der Waals surface area contributed by atoms with Crippen LogP contribution in [0.4, 0.5) is 0 Å². The molecular formula is C20H24N2O4S. The molecule has 1 fully saturated rings. The summed E-state index contributed by atoms with van der Waals surface area (Å²) < 4.78 is 33.0. The predicted octanol–water partition coefficient (Wildman–Crippen LogP) is 2.38. The van der Waals surface area contributed by atoms with Crippen LogP contribution in [0, 0.1) is 6.92 Å². The Kier molecular flexibility index (Phi) is 6.26. The van der Waals surface area contributed by atoms with Crippen LogP contribution in [0.5, 0.6) is 0 Å². The molecule has 1 atom stereocenters. The maximum atomic E-state index is 12.5. The molecule has 1 heterocycles. The van der Waals surface area contributed by atoms with E-state index in [0.717, 1.165) is 24.0 Å². The molecule has 27 heavy (non-hydrogen) atoms. The molecule has 0 saturated carbocycles. The highest BCUT2D eigenvalue weighted by atomic mass is 32.2. The first kappa shape index (κ1) is 19.5. The largest absolute Gasteiger partial charge is 0.377 e. The van der Waals surface area contributed by atoms with Crippen molar-refractivity contribution in [3.63, 3.8) is 0 Å². The number of carbonyl (C=O) groups is 1. The van der Waals surface area contributed by atoms with Crippen LogP contribution < -0.4 is 10.0 Å². The van der Waals surface area contributed by atoms with E-state index < -0.39 is 10.0 Å². The number of hydrogen-bond acceptors (Lipinski definition) is 4. The number of carbonyl (C=O) groups excluding carboxylic acids is 1. The van der Waals surface area contributed by atoms with E-state index in [9.17, 15) is 13.2 Å². The molecule has 0 aromatic heterocycles. The molecule has 0 bridgehead atoms. The highest BCUT2D eigenvalue weighted by Crippen LogP contribution is 2.15. The lowest BCUT2D eigenvalue weighted by molar-refractivity contribution is 0.0950. The van der Waals surface area contributed by atoms with Gasteiger partial charge in [-0.25, -0.2) is 13.1 Å². The molecule has 0 spiro atoms. The molecule has 1 aliphatic heterocycles. The van der Waals surface area contributed by atoms with Gasteiger partial charge in [-0.1, -0.05) is 35.9 Å². The molecular weight excluding hydrogens is 364 g/mol. The van der Waals surface area contributed by atoms with Crippen molar-refractivity contribution in [3.8, 4) is 0 Å². The second kappa shape index (κ2) is 8.65. The summed E-state index contributed by atoms with van der Waals surface area (Å²) in [5.41, 5.74) is 2.44. The predicted molar refractivity (Wildman–Crippen MR) is 103 cm³/mol. The Morgan fingerprint density at radius 3 is 2.67 bits per heavy atom. The third-order valence-corrected chi connectivity index (χ3v) is 5.93. The molecule has 0 radical (unpaired) electrons. The molecule has 1 aliphatic rings. The normalized spacial score (nSPS) is 17.0. The van der Waals surface area contributed by atoms with Gasteiger partial charge in [0.15, 0.2) is 0 Å². The van der Waals surface area contributed by atoms with E-state index in [0.29, 0.717) is 18.7 Å². The number of ether oxygens (including phenoxy) is 1. The average Bonchev–Trinajstić information content (AvgIpc) is 3.20. The molecule has 144 valence electrons. The molecule has 2 N–H and O–H groups in total. The minimum Gasteiger partial charge on any atom is -0.377 e. The van der Waals surface area contributed by atoms with Crippen LogP contribution >= 0.6 is 0 Å². The maximum Gasteiger partial charge on any atom is 0.251 e. The van der Waals surface area contributed by atoms with Crippen molar-refractivity contribution in [2.24, 2.45) is 0 Å². The Morgan fingerprint density at radius 1 is 1.19 bits per heavy atom. The van der Waals surface area contributed by atoms with Crippen LogP contribution in [0.25, 0.3) is 0 Å². The van der Waals surface area contributed by atoms with Crippen LogP contribution in [0.2, 0.25) is 0 Å². The van der Waals surface area contributed by atoms with Gasteiger partial charge in [-0.2, -0.15) is 0 Å². The molecule has 1 unspecified atom stereocenters. The maximum absolute atomic E-state index is 12.5. The summed E-state index contributed by atoms with van der Waals surface area (Å²) in [5.74, 6) is -0.313. The van der Waals surface area contributed by atoms with E-state index in [-0.39, 0.29) is 23.5 Å². The summed E-state index contributed by atoms with van der Waals surface area (Å²) in [7, 11) is -3.69. The third-order valence-electron chi connectivity index (χ3n) is 4.51. The first-order valence-electron chi connectivity index (χ1n) is 8.99. The number of rotatable bonds is 7. The van der Waals surface area contributed by atoms with Gasteiger partial charge in [-0.15, -0.1) is 0 Å². The fourth-order valence-corrected chi connectivity index (χ4v) is 4.00. The van der Waals surface area contributed by atoms with Crippen molar-refractivity contribution < 1.29 is 17.9 Å². The lowest BCUT2D eigenvalue weighted by Crippen LogP contribution is -2.32. The molecule has 2 aromatic carbocycles. The van der Waals surface area contributed by atoms with Crippen LogP contribution in [0.1, 0.15) is 34.3 Å². The molecule has 6 nitrogen and oxygen atoms in total. The van der Waals surface area contributed by atoms with Crippen molar-refractivity contribution in [2.75, 3.05) is 13.2 Å². The van der Waals surface area contributed by atoms with E-state index in [2.05, 4.69) is 10.0 Å². The SMILES string of the molecule is Cc1ccc(CNC(=O)c2cccc(S(=O)(=O)NCC3CCCO3)c2)cc1. The summed E-state index contributed by atoms with van der Waals surface area (Å²) in [4.78, 5) is 12.5. The highest BCUT2D eigenvalue weighted by Gasteiger charge is 2.21. The van der Waals surface area contributed by atoms with E-state index in [1.807, 2.05) is 31.2 Å². The van der Waals surface area contributed by atoms with E-state index in [4.69, 9.17) is 4.74 Å². The summed E-state index contributed by atoms with van der Waals surface area (Å²) in [6, 6.07) is 13.9. The quantitative estimate of drug-likeness (QED) is 0.763. The second-order valence-electron chi connectivity index (χ2n) is 6.68. The van der Waals surface area contributed by atoms with Crippen molar-refractivity contribution in [1.29, 1.82) is 0 Å². The first-order valence-corrected chi connectivity index (χ1v) is 10.5. The van der Waals surface area contributed by atoms with Gasteiger partial charge in [0.25, 0.3) is 5.91 Å². The lowest BCUT2D eigenvalue weighted by Gasteiger charge is -2.12. The summed E-state index contributed by atoms with van der Waals surface area (Å²) >= 11 is 0.